The lowest BCUT2D eigenvalue weighted by Gasteiger charge is -2.12. The minimum Gasteiger partial charge on any atom is -0.453 e. The van der Waals surface area contributed by atoms with Crippen LogP contribution in [-0.4, -0.2) is 12.0 Å². The quantitative estimate of drug-likeness (QED) is 0.654. The maximum atomic E-state index is 10.9. The van der Waals surface area contributed by atoms with E-state index in [-0.39, 0.29) is 16.5 Å². The van der Waals surface area contributed by atoms with Crippen LogP contribution in [0.25, 0.3) is 0 Å². The zero-order valence-electron chi connectivity index (χ0n) is 10.4. The number of hydrogen-bond donors (Lipinski definition) is 1. The first kappa shape index (κ1) is 14.4. The van der Waals surface area contributed by atoms with E-state index in [0.29, 0.717) is 16.5 Å². The third-order valence-electron chi connectivity index (χ3n) is 2.58. The summed E-state index contributed by atoms with van der Waals surface area (Å²) < 4.78 is 5.62. The molecule has 0 aliphatic heterocycles. The van der Waals surface area contributed by atoms with E-state index in [0.717, 1.165) is 0 Å². The summed E-state index contributed by atoms with van der Waals surface area (Å²) in [7, 11) is 1.67. The van der Waals surface area contributed by atoms with Gasteiger partial charge in [-0.2, -0.15) is 0 Å². The highest BCUT2D eigenvalue weighted by atomic mass is 35.5. The summed E-state index contributed by atoms with van der Waals surface area (Å²) in [6, 6.07) is 9.47. The molecule has 0 heterocycles. The van der Waals surface area contributed by atoms with E-state index in [1.807, 2.05) is 0 Å². The number of nitrogens with zero attached hydrogens (tertiary/aromatic N) is 1. The highest BCUT2D eigenvalue weighted by Crippen LogP contribution is 2.42. The minimum atomic E-state index is -0.559. The summed E-state index contributed by atoms with van der Waals surface area (Å²) >= 11 is 11.8. The van der Waals surface area contributed by atoms with E-state index in [1.54, 1.807) is 31.3 Å². The Morgan fingerprint density at radius 3 is 2.35 bits per heavy atom. The summed E-state index contributed by atoms with van der Waals surface area (Å²) in [5.41, 5.74) is 0.338. The molecule has 5 nitrogen and oxygen atoms in total. The summed E-state index contributed by atoms with van der Waals surface area (Å²) in [5, 5.41) is 14.3. The van der Waals surface area contributed by atoms with Crippen molar-refractivity contribution in [3.8, 4) is 11.5 Å². The number of nitro groups is 1. The van der Waals surface area contributed by atoms with Gasteiger partial charge in [0.05, 0.1) is 10.6 Å². The fourth-order valence-electron chi connectivity index (χ4n) is 1.60. The van der Waals surface area contributed by atoms with Gasteiger partial charge < -0.3 is 10.1 Å². The molecular formula is C13H10Cl2N2O3. The summed E-state index contributed by atoms with van der Waals surface area (Å²) in [5.74, 6) is 0.680. The summed E-state index contributed by atoms with van der Waals surface area (Å²) in [6.07, 6.45) is 0. The Bertz CT molecular complexity index is 645. The monoisotopic (exact) mass is 312 g/mol. The van der Waals surface area contributed by atoms with Crippen LogP contribution in [0.3, 0.4) is 0 Å². The van der Waals surface area contributed by atoms with Crippen molar-refractivity contribution in [2.24, 2.45) is 0 Å². The number of hydrogen-bond acceptors (Lipinski definition) is 4. The van der Waals surface area contributed by atoms with Crippen LogP contribution in [0.15, 0.2) is 36.4 Å². The normalized spacial score (nSPS) is 10.2. The second-order valence-corrected chi connectivity index (χ2v) is 4.65. The van der Waals surface area contributed by atoms with Gasteiger partial charge in [0.2, 0.25) is 0 Å². The maximum Gasteiger partial charge on any atom is 0.291 e. The molecule has 7 heteroatoms. The van der Waals surface area contributed by atoms with E-state index in [1.165, 1.54) is 12.1 Å². The Morgan fingerprint density at radius 1 is 1.15 bits per heavy atom. The number of anilines is 1. The van der Waals surface area contributed by atoms with Crippen molar-refractivity contribution in [2.45, 2.75) is 0 Å². The van der Waals surface area contributed by atoms with Gasteiger partial charge in [-0.05, 0) is 30.3 Å². The van der Waals surface area contributed by atoms with Gasteiger partial charge in [0.15, 0.2) is 10.8 Å². The summed E-state index contributed by atoms with van der Waals surface area (Å²) in [4.78, 5) is 10.3. The lowest BCUT2D eigenvalue weighted by atomic mass is 10.2. The molecule has 0 bridgehead atoms. The molecule has 0 radical (unpaired) electrons. The first-order valence-corrected chi connectivity index (χ1v) is 6.36. The largest absolute Gasteiger partial charge is 0.453 e. The third kappa shape index (κ3) is 2.95. The molecule has 0 atom stereocenters. The Hall–Kier alpha value is -1.98. The first-order chi connectivity index (χ1) is 9.52. The lowest BCUT2D eigenvalue weighted by Crippen LogP contribution is -1.97. The molecule has 0 spiro atoms. The van der Waals surface area contributed by atoms with Crippen molar-refractivity contribution in [1.29, 1.82) is 0 Å². The maximum absolute atomic E-state index is 10.9. The average molecular weight is 313 g/mol. The molecule has 0 unspecified atom stereocenters. The van der Waals surface area contributed by atoms with E-state index < -0.39 is 4.92 Å². The van der Waals surface area contributed by atoms with Crippen LogP contribution in [0.5, 0.6) is 11.5 Å². The average Bonchev–Trinajstić information content (AvgIpc) is 2.42. The zero-order valence-corrected chi connectivity index (χ0v) is 11.9. The Morgan fingerprint density at radius 2 is 1.80 bits per heavy atom. The Labute approximate surface area is 125 Å². The van der Waals surface area contributed by atoms with Gasteiger partial charge in [-0.1, -0.05) is 23.2 Å². The molecule has 20 heavy (non-hydrogen) atoms. The predicted octanol–water partition coefficient (Wildman–Crippen LogP) is 4.74. The van der Waals surface area contributed by atoms with Crippen LogP contribution in [0.2, 0.25) is 10.0 Å². The van der Waals surface area contributed by atoms with Gasteiger partial charge in [0.1, 0.15) is 5.75 Å². The molecule has 104 valence electrons. The fraction of sp³-hybridized carbons (Fsp3) is 0.0769. The number of benzene rings is 2. The van der Waals surface area contributed by atoms with E-state index in [4.69, 9.17) is 27.9 Å². The van der Waals surface area contributed by atoms with Gasteiger partial charge in [-0.25, -0.2) is 0 Å². The van der Waals surface area contributed by atoms with Crippen LogP contribution < -0.4 is 10.1 Å². The van der Waals surface area contributed by atoms with Crippen LogP contribution in [-0.2, 0) is 0 Å². The minimum absolute atomic E-state index is 0.0585. The van der Waals surface area contributed by atoms with Crippen molar-refractivity contribution in [3.05, 3.63) is 56.6 Å². The fourth-order valence-corrected chi connectivity index (χ4v) is 2.00. The Kier molecular flexibility index (Phi) is 4.32. The van der Waals surface area contributed by atoms with Gasteiger partial charge in [-0.15, -0.1) is 0 Å². The van der Waals surface area contributed by atoms with E-state index in [9.17, 15) is 10.1 Å². The van der Waals surface area contributed by atoms with E-state index >= 15 is 0 Å². The molecule has 0 aromatic heterocycles. The predicted molar refractivity (Wildman–Crippen MR) is 79.2 cm³/mol. The van der Waals surface area contributed by atoms with Gasteiger partial charge >= 0.3 is 0 Å². The number of rotatable bonds is 4. The van der Waals surface area contributed by atoms with Crippen LogP contribution in [0.1, 0.15) is 0 Å². The Balaban J connectivity index is 2.45. The molecule has 0 amide bonds. The molecule has 2 rings (SSSR count). The van der Waals surface area contributed by atoms with Crippen molar-refractivity contribution >= 4 is 34.6 Å². The van der Waals surface area contributed by atoms with Crippen molar-refractivity contribution in [2.75, 3.05) is 12.4 Å². The van der Waals surface area contributed by atoms with Crippen molar-refractivity contribution in [3.63, 3.8) is 0 Å². The molecule has 0 saturated carbocycles. The molecule has 1 N–H and O–H groups in total. The number of halogens is 2. The van der Waals surface area contributed by atoms with Gasteiger partial charge in [0.25, 0.3) is 5.69 Å². The van der Waals surface area contributed by atoms with Crippen LogP contribution in [0.4, 0.5) is 11.4 Å². The van der Waals surface area contributed by atoms with Gasteiger partial charge in [0, 0.05) is 18.1 Å². The molecule has 0 fully saturated rings. The molecular weight excluding hydrogens is 303 g/mol. The highest BCUT2D eigenvalue weighted by molar-refractivity contribution is 6.34. The molecule has 0 aliphatic rings. The highest BCUT2D eigenvalue weighted by Gasteiger charge is 2.20. The first-order valence-electron chi connectivity index (χ1n) is 5.61. The van der Waals surface area contributed by atoms with Crippen molar-refractivity contribution < 1.29 is 9.66 Å². The third-order valence-corrected chi connectivity index (χ3v) is 3.19. The van der Waals surface area contributed by atoms with Crippen LogP contribution in [0, 0.1) is 10.1 Å². The van der Waals surface area contributed by atoms with Gasteiger partial charge in [-0.3, -0.25) is 10.1 Å². The summed E-state index contributed by atoms with van der Waals surface area (Å²) in [6.45, 7) is 0. The SMILES string of the molecule is CNc1ccc([N+](=O)[O-])c(Cl)c1Oc1ccc(Cl)cc1. The van der Waals surface area contributed by atoms with Crippen LogP contribution >= 0.6 is 23.2 Å². The molecule has 0 aliphatic carbocycles. The van der Waals surface area contributed by atoms with E-state index in [2.05, 4.69) is 5.32 Å². The second kappa shape index (κ2) is 5.98. The number of nitro benzene ring substituents is 1. The smallest absolute Gasteiger partial charge is 0.291 e. The van der Waals surface area contributed by atoms with Crippen molar-refractivity contribution in [1.82, 2.24) is 0 Å². The topological polar surface area (TPSA) is 64.4 Å². The molecule has 0 saturated heterocycles. The molecule has 2 aromatic carbocycles. The second-order valence-electron chi connectivity index (χ2n) is 3.84. The lowest BCUT2D eigenvalue weighted by molar-refractivity contribution is -0.384. The molecule has 2 aromatic rings. The standard InChI is InChI=1S/C13H10Cl2N2O3/c1-16-10-6-7-11(17(18)19)12(15)13(10)20-9-4-2-8(14)3-5-9/h2-7,16H,1H3. The number of ether oxygens (including phenoxy) is 1. The zero-order chi connectivity index (χ0) is 14.7. The number of nitrogens with one attached hydrogen (secondary N) is 1.